The van der Waals surface area contributed by atoms with Crippen LogP contribution in [0.25, 0.3) is 0 Å². The first kappa shape index (κ1) is 13.7. The van der Waals surface area contributed by atoms with Crippen LogP contribution in [-0.4, -0.2) is 22.5 Å². The van der Waals surface area contributed by atoms with Gasteiger partial charge in [-0.05, 0) is 37.2 Å². The van der Waals surface area contributed by atoms with E-state index in [0.717, 1.165) is 17.9 Å². The molecule has 0 radical (unpaired) electrons. The van der Waals surface area contributed by atoms with E-state index in [-0.39, 0.29) is 0 Å². The van der Waals surface area contributed by atoms with Gasteiger partial charge in [-0.3, -0.25) is 4.21 Å². The summed E-state index contributed by atoms with van der Waals surface area (Å²) in [6, 6.07) is 7.70. The Morgan fingerprint density at radius 3 is 2.50 bits per heavy atom. The Hall–Kier alpha value is -0.380. The molecule has 0 amide bonds. The van der Waals surface area contributed by atoms with E-state index in [1.54, 1.807) is 12.1 Å². The molecule has 1 N–H and O–H groups in total. The van der Waals surface area contributed by atoms with Gasteiger partial charge in [0.15, 0.2) is 0 Å². The number of hydrogen-bond acceptors (Lipinski definition) is 2. The predicted octanol–water partition coefficient (Wildman–Crippen LogP) is 2.84. The van der Waals surface area contributed by atoms with Crippen LogP contribution in [0.1, 0.15) is 20.3 Å². The summed E-state index contributed by atoms with van der Waals surface area (Å²) in [4.78, 5) is 0.856. The predicted molar refractivity (Wildman–Crippen MR) is 70.5 cm³/mol. The molecule has 4 heteroatoms. The topological polar surface area (TPSA) is 29.1 Å². The Kier molecular flexibility index (Phi) is 6.03. The highest BCUT2D eigenvalue weighted by Gasteiger charge is 2.03. The van der Waals surface area contributed by atoms with Crippen LogP contribution in [0.4, 0.5) is 0 Å². The van der Waals surface area contributed by atoms with Gasteiger partial charge in [-0.1, -0.05) is 25.4 Å². The minimum atomic E-state index is -0.905. The molecule has 0 aliphatic carbocycles. The van der Waals surface area contributed by atoms with Gasteiger partial charge in [0, 0.05) is 21.7 Å². The van der Waals surface area contributed by atoms with Crippen molar-refractivity contribution in [2.45, 2.75) is 31.2 Å². The standard InChI is InChI=1S/C12H18ClNOS/c1-10(2)14-8-3-9-16(15)12-6-4-11(13)5-7-12/h4-7,10,14H,3,8-9H2,1-2H3. The molecule has 0 aliphatic rings. The second-order valence-corrected chi connectivity index (χ2v) is 5.97. The quantitative estimate of drug-likeness (QED) is 0.796. The molecule has 0 saturated heterocycles. The first-order valence-electron chi connectivity index (χ1n) is 5.47. The lowest BCUT2D eigenvalue weighted by Gasteiger charge is -2.07. The summed E-state index contributed by atoms with van der Waals surface area (Å²) in [5, 5.41) is 3.99. The first-order chi connectivity index (χ1) is 7.59. The van der Waals surface area contributed by atoms with Crippen molar-refractivity contribution in [3.8, 4) is 0 Å². The molecule has 0 aliphatic heterocycles. The zero-order valence-electron chi connectivity index (χ0n) is 9.70. The van der Waals surface area contributed by atoms with E-state index in [1.165, 1.54) is 0 Å². The Labute approximate surface area is 105 Å². The second-order valence-electron chi connectivity index (χ2n) is 3.97. The fourth-order valence-corrected chi connectivity index (χ4v) is 2.51. The van der Waals surface area contributed by atoms with Crippen LogP contribution in [0.5, 0.6) is 0 Å². The lowest BCUT2D eigenvalue weighted by Crippen LogP contribution is -2.24. The van der Waals surface area contributed by atoms with Gasteiger partial charge >= 0.3 is 0 Å². The molecular formula is C12H18ClNOS. The maximum absolute atomic E-state index is 11.8. The van der Waals surface area contributed by atoms with Crippen LogP contribution in [0.3, 0.4) is 0 Å². The lowest BCUT2D eigenvalue weighted by atomic mass is 10.4. The van der Waals surface area contributed by atoms with E-state index < -0.39 is 10.8 Å². The molecule has 1 aromatic carbocycles. The third-order valence-corrected chi connectivity index (χ3v) is 3.85. The molecule has 2 nitrogen and oxygen atoms in total. The van der Waals surface area contributed by atoms with E-state index in [2.05, 4.69) is 19.2 Å². The van der Waals surface area contributed by atoms with Crippen molar-refractivity contribution in [3.63, 3.8) is 0 Å². The number of benzene rings is 1. The van der Waals surface area contributed by atoms with Crippen LogP contribution >= 0.6 is 11.6 Å². The molecule has 0 spiro atoms. The zero-order chi connectivity index (χ0) is 12.0. The van der Waals surface area contributed by atoms with Crippen LogP contribution in [0.2, 0.25) is 5.02 Å². The minimum absolute atomic E-state index is 0.490. The number of nitrogens with one attached hydrogen (secondary N) is 1. The van der Waals surface area contributed by atoms with Crippen molar-refractivity contribution in [1.29, 1.82) is 0 Å². The monoisotopic (exact) mass is 259 g/mol. The molecule has 90 valence electrons. The van der Waals surface area contributed by atoms with Crippen LogP contribution in [0, 0.1) is 0 Å². The van der Waals surface area contributed by atoms with Crippen molar-refractivity contribution in [3.05, 3.63) is 29.3 Å². The first-order valence-corrected chi connectivity index (χ1v) is 7.16. The molecule has 1 unspecified atom stereocenters. The van der Waals surface area contributed by atoms with Crippen molar-refractivity contribution < 1.29 is 4.21 Å². The largest absolute Gasteiger partial charge is 0.315 e. The summed E-state index contributed by atoms with van der Waals surface area (Å²) in [5.74, 6) is 0.696. The molecule has 0 aromatic heterocycles. The highest BCUT2D eigenvalue weighted by molar-refractivity contribution is 7.85. The molecule has 16 heavy (non-hydrogen) atoms. The SMILES string of the molecule is CC(C)NCCCS(=O)c1ccc(Cl)cc1. The summed E-state index contributed by atoms with van der Waals surface area (Å²) in [5.41, 5.74) is 0. The maximum Gasteiger partial charge on any atom is 0.0529 e. The second kappa shape index (κ2) is 7.05. The normalized spacial score (nSPS) is 13.0. The fraction of sp³-hybridized carbons (Fsp3) is 0.500. The van der Waals surface area contributed by atoms with Gasteiger partial charge in [-0.15, -0.1) is 0 Å². The van der Waals surface area contributed by atoms with E-state index in [9.17, 15) is 4.21 Å². The molecule has 1 rings (SSSR count). The average molecular weight is 260 g/mol. The fourth-order valence-electron chi connectivity index (χ4n) is 1.30. The highest BCUT2D eigenvalue weighted by atomic mass is 35.5. The molecule has 1 atom stereocenters. The Bertz CT molecular complexity index is 337. The van der Waals surface area contributed by atoms with Crippen LogP contribution in [0.15, 0.2) is 29.2 Å². The molecule has 0 bridgehead atoms. The molecular weight excluding hydrogens is 242 g/mol. The lowest BCUT2D eigenvalue weighted by molar-refractivity contribution is 0.583. The molecule has 0 fully saturated rings. The van der Waals surface area contributed by atoms with Crippen molar-refractivity contribution in [2.24, 2.45) is 0 Å². The van der Waals surface area contributed by atoms with E-state index in [1.807, 2.05) is 12.1 Å². The number of rotatable bonds is 6. The average Bonchev–Trinajstić information content (AvgIpc) is 2.25. The van der Waals surface area contributed by atoms with Gasteiger partial charge in [0.25, 0.3) is 0 Å². The van der Waals surface area contributed by atoms with Gasteiger partial charge in [-0.2, -0.15) is 0 Å². The summed E-state index contributed by atoms with van der Waals surface area (Å²) < 4.78 is 11.8. The van der Waals surface area contributed by atoms with Gasteiger partial charge in [0.1, 0.15) is 0 Å². The molecule has 0 saturated carbocycles. The maximum atomic E-state index is 11.8. The van der Waals surface area contributed by atoms with Gasteiger partial charge < -0.3 is 5.32 Å². The van der Waals surface area contributed by atoms with E-state index in [4.69, 9.17) is 11.6 Å². The summed E-state index contributed by atoms with van der Waals surface area (Å²) in [6.45, 7) is 5.13. The summed E-state index contributed by atoms with van der Waals surface area (Å²) >= 11 is 5.77. The Morgan fingerprint density at radius 1 is 1.31 bits per heavy atom. The molecule has 1 aromatic rings. The summed E-state index contributed by atoms with van der Waals surface area (Å²) in [6.07, 6.45) is 0.924. The Morgan fingerprint density at radius 2 is 1.94 bits per heavy atom. The van der Waals surface area contributed by atoms with Gasteiger partial charge in [0.2, 0.25) is 0 Å². The van der Waals surface area contributed by atoms with Gasteiger partial charge in [-0.25, -0.2) is 0 Å². The van der Waals surface area contributed by atoms with Crippen LogP contribution in [-0.2, 0) is 10.8 Å². The van der Waals surface area contributed by atoms with E-state index >= 15 is 0 Å². The third-order valence-electron chi connectivity index (χ3n) is 2.14. The van der Waals surface area contributed by atoms with Crippen LogP contribution < -0.4 is 5.32 Å². The third kappa shape index (κ3) is 5.10. The summed E-state index contributed by atoms with van der Waals surface area (Å²) in [7, 11) is -0.905. The van der Waals surface area contributed by atoms with Crippen molar-refractivity contribution in [1.82, 2.24) is 5.32 Å². The Balaban J connectivity index is 2.32. The highest BCUT2D eigenvalue weighted by Crippen LogP contribution is 2.13. The van der Waals surface area contributed by atoms with Crippen molar-refractivity contribution >= 4 is 22.4 Å². The number of hydrogen-bond donors (Lipinski definition) is 1. The zero-order valence-corrected chi connectivity index (χ0v) is 11.3. The minimum Gasteiger partial charge on any atom is -0.315 e. The molecule has 0 heterocycles. The van der Waals surface area contributed by atoms with Gasteiger partial charge in [0.05, 0.1) is 10.8 Å². The number of halogens is 1. The van der Waals surface area contributed by atoms with E-state index in [0.29, 0.717) is 16.8 Å². The smallest absolute Gasteiger partial charge is 0.0529 e. The van der Waals surface area contributed by atoms with Crippen molar-refractivity contribution in [2.75, 3.05) is 12.3 Å².